The highest BCUT2D eigenvalue weighted by Crippen LogP contribution is 2.22. The summed E-state index contributed by atoms with van der Waals surface area (Å²) in [5, 5.41) is 6.44. The topological polar surface area (TPSA) is 50.4 Å². The van der Waals surface area contributed by atoms with Crippen LogP contribution in [0.1, 0.15) is 31.7 Å². The standard InChI is InChI=1S/C16H22N2O2/c1-11-7-8-20-15(11)16(19)18-14-4-2-3-12(9-14)10-17-13-5-6-13/h2-4,9,11,13,15,17H,5-8,10H2,1H3,(H,18,19). The monoisotopic (exact) mass is 274 g/mol. The molecule has 4 heteroatoms. The summed E-state index contributed by atoms with van der Waals surface area (Å²) in [7, 11) is 0. The lowest BCUT2D eigenvalue weighted by molar-refractivity contribution is -0.126. The molecule has 20 heavy (non-hydrogen) atoms. The molecule has 1 amide bonds. The first-order valence-electron chi connectivity index (χ1n) is 7.47. The van der Waals surface area contributed by atoms with E-state index in [-0.39, 0.29) is 12.0 Å². The largest absolute Gasteiger partial charge is 0.368 e. The van der Waals surface area contributed by atoms with Crippen LogP contribution in [0.5, 0.6) is 0 Å². The van der Waals surface area contributed by atoms with E-state index in [1.165, 1.54) is 18.4 Å². The van der Waals surface area contributed by atoms with E-state index in [9.17, 15) is 4.79 Å². The summed E-state index contributed by atoms with van der Waals surface area (Å²) in [5.41, 5.74) is 2.06. The molecule has 0 radical (unpaired) electrons. The van der Waals surface area contributed by atoms with Gasteiger partial charge in [-0.3, -0.25) is 4.79 Å². The van der Waals surface area contributed by atoms with Gasteiger partial charge in [0.1, 0.15) is 6.10 Å². The molecule has 2 atom stereocenters. The minimum Gasteiger partial charge on any atom is -0.368 e. The number of ether oxygens (including phenoxy) is 1. The van der Waals surface area contributed by atoms with Gasteiger partial charge in [0, 0.05) is 24.9 Å². The van der Waals surface area contributed by atoms with Crippen LogP contribution < -0.4 is 10.6 Å². The second-order valence-electron chi connectivity index (χ2n) is 5.90. The normalized spacial score (nSPS) is 25.6. The average Bonchev–Trinajstić information content (AvgIpc) is 3.17. The second-order valence-corrected chi connectivity index (χ2v) is 5.90. The minimum absolute atomic E-state index is 0.0256. The third kappa shape index (κ3) is 3.38. The van der Waals surface area contributed by atoms with Crippen molar-refractivity contribution in [3.63, 3.8) is 0 Å². The first kappa shape index (κ1) is 13.6. The molecule has 1 heterocycles. The number of benzene rings is 1. The van der Waals surface area contributed by atoms with Crippen molar-refractivity contribution in [1.82, 2.24) is 5.32 Å². The summed E-state index contributed by atoms with van der Waals surface area (Å²) in [5.74, 6) is 0.275. The van der Waals surface area contributed by atoms with Crippen LogP contribution in [0.4, 0.5) is 5.69 Å². The molecule has 1 saturated heterocycles. The Bertz CT molecular complexity index is 485. The molecule has 3 rings (SSSR count). The van der Waals surface area contributed by atoms with Gasteiger partial charge in [-0.05, 0) is 42.9 Å². The molecule has 2 unspecified atom stereocenters. The summed E-state index contributed by atoms with van der Waals surface area (Å²) < 4.78 is 5.49. The number of carbonyl (C=O) groups excluding carboxylic acids is 1. The van der Waals surface area contributed by atoms with Gasteiger partial charge in [0.2, 0.25) is 0 Å². The Morgan fingerprint density at radius 2 is 2.20 bits per heavy atom. The van der Waals surface area contributed by atoms with Gasteiger partial charge in [-0.1, -0.05) is 19.1 Å². The molecule has 4 nitrogen and oxygen atoms in total. The number of hydrogen-bond donors (Lipinski definition) is 2. The molecule has 1 saturated carbocycles. The minimum atomic E-state index is -0.303. The van der Waals surface area contributed by atoms with Crippen LogP contribution in [0, 0.1) is 5.92 Å². The van der Waals surface area contributed by atoms with Crippen LogP contribution in [0.15, 0.2) is 24.3 Å². The Morgan fingerprint density at radius 3 is 2.90 bits per heavy atom. The van der Waals surface area contributed by atoms with Crippen LogP contribution in [0.25, 0.3) is 0 Å². The predicted molar refractivity (Wildman–Crippen MR) is 78.5 cm³/mol. The van der Waals surface area contributed by atoms with E-state index in [0.717, 1.165) is 18.7 Å². The molecule has 1 aliphatic heterocycles. The summed E-state index contributed by atoms with van der Waals surface area (Å²) >= 11 is 0. The van der Waals surface area contributed by atoms with E-state index in [1.807, 2.05) is 18.2 Å². The molecule has 2 fully saturated rings. The van der Waals surface area contributed by atoms with Crippen LogP contribution in [-0.4, -0.2) is 24.7 Å². The van der Waals surface area contributed by atoms with Crippen molar-refractivity contribution < 1.29 is 9.53 Å². The van der Waals surface area contributed by atoms with Gasteiger partial charge < -0.3 is 15.4 Å². The van der Waals surface area contributed by atoms with Gasteiger partial charge in [-0.15, -0.1) is 0 Å². The number of nitrogens with one attached hydrogen (secondary N) is 2. The van der Waals surface area contributed by atoms with Crippen molar-refractivity contribution >= 4 is 11.6 Å². The highest BCUT2D eigenvalue weighted by molar-refractivity contribution is 5.94. The van der Waals surface area contributed by atoms with E-state index >= 15 is 0 Å². The molecule has 2 N–H and O–H groups in total. The molecule has 0 spiro atoms. The maximum atomic E-state index is 12.2. The predicted octanol–water partition coefficient (Wildman–Crippen LogP) is 2.30. The fraction of sp³-hybridized carbons (Fsp3) is 0.562. The van der Waals surface area contributed by atoms with Crippen molar-refractivity contribution in [1.29, 1.82) is 0 Å². The lowest BCUT2D eigenvalue weighted by Crippen LogP contribution is -2.31. The second kappa shape index (κ2) is 5.94. The molecule has 1 aromatic rings. The van der Waals surface area contributed by atoms with Gasteiger partial charge in [0.15, 0.2) is 0 Å². The first-order chi connectivity index (χ1) is 9.72. The van der Waals surface area contributed by atoms with Crippen LogP contribution in [-0.2, 0) is 16.1 Å². The first-order valence-corrected chi connectivity index (χ1v) is 7.47. The fourth-order valence-corrected chi connectivity index (χ4v) is 2.55. The van der Waals surface area contributed by atoms with Crippen molar-refractivity contribution in [3.8, 4) is 0 Å². The van der Waals surface area contributed by atoms with Crippen LogP contribution in [0.2, 0.25) is 0 Å². The van der Waals surface area contributed by atoms with E-state index in [2.05, 4.69) is 23.6 Å². The molecule has 108 valence electrons. The number of anilines is 1. The van der Waals surface area contributed by atoms with Gasteiger partial charge in [-0.25, -0.2) is 0 Å². The quantitative estimate of drug-likeness (QED) is 0.866. The van der Waals surface area contributed by atoms with E-state index < -0.39 is 0 Å². The van der Waals surface area contributed by atoms with Gasteiger partial charge in [-0.2, -0.15) is 0 Å². The maximum absolute atomic E-state index is 12.2. The third-order valence-corrected chi connectivity index (χ3v) is 4.01. The Labute approximate surface area is 119 Å². The van der Waals surface area contributed by atoms with E-state index in [4.69, 9.17) is 4.74 Å². The summed E-state index contributed by atoms with van der Waals surface area (Å²) in [6, 6.07) is 8.73. The van der Waals surface area contributed by atoms with Gasteiger partial charge >= 0.3 is 0 Å². The van der Waals surface area contributed by atoms with Crippen molar-refractivity contribution in [2.24, 2.45) is 5.92 Å². The zero-order valence-corrected chi connectivity index (χ0v) is 11.9. The molecule has 0 aromatic heterocycles. The summed E-state index contributed by atoms with van der Waals surface area (Å²) in [6.07, 6.45) is 3.23. The van der Waals surface area contributed by atoms with Crippen molar-refractivity contribution in [2.75, 3.05) is 11.9 Å². The number of rotatable bonds is 5. The fourth-order valence-electron chi connectivity index (χ4n) is 2.55. The Balaban J connectivity index is 1.58. The molecule has 1 aliphatic carbocycles. The molecular formula is C16H22N2O2. The Hall–Kier alpha value is -1.39. The molecule has 0 bridgehead atoms. The molecule has 1 aromatic carbocycles. The zero-order chi connectivity index (χ0) is 13.9. The molecule has 2 aliphatic rings. The summed E-state index contributed by atoms with van der Waals surface area (Å²) in [6.45, 7) is 3.61. The highest BCUT2D eigenvalue weighted by atomic mass is 16.5. The van der Waals surface area contributed by atoms with E-state index in [1.54, 1.807) is 0 Å². The summed E-state index contributed by atoms with van der Waals surface area (Å²) in [4.78, 5) is 12.2. The Kier molecular flexibility index (Phi) is 4.03. The SMILES string of the molecule is CC1CCOC1C(=O)Nc1cccc(CNC2CC2)c1. The lowest BCUT2D eigenvalue weighted by atomic mass is 10.0. The Morgan fingerprint density at radius 1 is 1.35 bits per heavy atom. The van der Waals surface area contributed by atoms with Crippen LogP contribution >= 0.6 is 0 Å². The van der Waals surface area contributed by atoms with Gasteiger partial charge in [0.05, 0.1) is 0 Å². The van der Waals surface area contributed by atoms with Crippen molar-refractivity contribution in [3.05, 3.63) is 29.8 Å². The maximum Gasteiger partial charge on any atom is 0.253 e. The number of carbonyl (C=O) groups is 1. The highest BCUT2D eigenvalue weighted by Gasteiger charge is 2.30. The smallest absolute Gasteiger partial charge is 0.253 e. The zero-order valence-electron chi connectivity index (χ0n) is 11.9. The van der Waals surface area contributed by atoms with Gasteiger partial charge in [0.25, 0.3) is 5.91 Å². The van der Waals surface area contributed by atoms with E-state index in [0.29, 0.717) is 18.6 Å². The lowest BCUT2D eigenvalue weighted by Gasteiger charge is -2.15. The van der Waals surface area contributed by atoms with Crippen molar-refractivity contribution in [2.45, 2.75) is 44.9 Å². The van der Waals surface area contributed by atoms with Crippen LogP contribution in [0.3, 0.4) is 0 Å². The number of hydrogen-bond acceptors (Lipinski definition) is 3. The molecular weight excluding hydrogens is 252 g/mol. The average molecular weight is 274 g/mol. The third-order valence-electron chi connectivity index (χ3n) is 4.01. The number of amides is 1.